The quantitative estimate of drug-likeness (QED) is 0.465. The van der Waals surface area contributed by atoms with Gasteiger partial charge in [0.25, 0.3) is 0 Å². The fourth-order valence-corrected chi connectivity index (χ4v) is 2.72. The van der Waals surface area contributed by atoms with Crippen LogP contribution in [0.15, 0.2) is 66.9 Å². The Bertz CT molecular complexity index is 852. The Morgan fingerprint density at radius 3 is 2.58 bits per heavy atom. The van der Waals surface area contributed by atoms with Crippen LogP contribution in [-0.2, 0) is 13.0 Å². The number of hydrogen-bond acceptors (Lipinski definition) is 4. The first-order valence-corrected chi connectivity index (χ1v) is 8.74. The molecular formula is C21H19ClN2O2. The number of benzene rings is 2. The van der Waals surface area contributed by atoms with Gasteiger partial charge in [0.2, 0.25) is 5.88 Å². The molecule has 0 bridgehead atoms. The average Bonchev–Trinajstić information content (AvgIpc) is 2.68. The minimum atomic E-state index is 0.398. The zero-order valence-corrected chi connectivity index (χ0v) is 14.9. The van der Waals surface area contributed by atoms with Gasteiger partial charge in [-0.15, -0.1) is 0 Å². The highest BCUT2D eigenvalue weighted by Gasteiger charge is 2.06. The Morgan fingerprint density at radius 1 is 1.04 bits per heavy atom. The van der Waals surface area contributed by atoms with E-state index in [1.165, 1.54) is 11.8 Å². The second-order valence-electron chi connectivity index (χ2n) is 5.83. The maximum Gasteiger partial charge on any atom is 0.219 e. The highest BCUT2D eigenvalue weighted by molar-refractivity contribution is 6.32. The van der Waals surface area contributed by atoms with E-state index < -0.39 is 0 Å². The number of nitrogens with one attached hydrogen (secondary N) is 1. The first kappa shape index (κ1) is 18.1. The number of carbonyl (C=O) groups is 1. The van der Waals surface area contributed by atoms with Crippen molar-refractivity contribution in [3.8, 4) is 11.6 Å². The first-order chi connectivity index (χ1) is 12.7. The van der Waals surface area contributed by atoms with Gasteiger partial charge in [0, 0.05) is 24.4 Å². The molecule has 2 aromatic carbocycles. The van der Waals surface area contributed by atoms with E-state index >= 15 is 0 Å². The van der Waals surface area contributed by atoms with Crippen LogP contribution in [0.4, 0.5) is 0 Å². The van der Waals surface area contributed by atoms with Crippen LogP contribution in [0.1, 0.15) is 21.5 Å². The molecular weight excluding hydrogens is 348 g/mol. The average molecular weight is 367 g/mol. The molecule has 0 fully saturated rings. The lowest BCUT2D eigenvalue weighted by Gasteiger charge is -2.09. The van der Waals surface area contributed by atoms with Gasteiger partial charge >= 0.3 is 0 Å². The van der Waals surface area contributed by atoms with Crippen molar-refractivity contribution in [3.63, 3.8) is 0 Å². The zero-order chi connectivity index (χ0) is 18.2. The van der Waals surface area contributed by atoms with E-state index in [0.29, 0.717) is 22.2 Å². The van der Waals surface area contributed by atoms with Crippen molar-refractivity contribution in [2.75, 3.05) is 6.54 Å². The summed E-state index contributed by atoms with van der Waals surface area (Å²) < 4.78 is 5.67. The molecule has 3 aromatic rings. The maximum atomic E-state index is 10.6. The van der Waals surface area contributed by atoms with Crippen LogP contribution in [0, 0.1) is 0 Å². The van der Waals surface area contributed by atoms with Crippen molar-refractivity contribution >= 4 is 17.9 Å². The molecule has 0 saturated heterocycles. The predicted molar refractivity (Wildman–Crippen MR) is 103 cm³/mol. The van der Waals surface area contributed by atoms with Gasteiger partial charge < -0.3 is 10.1 Å². The van der Waals surface area contributed by atoms with Crippen molar-refractivity contribution < 1.29 is 9.53 Å². The normalized spacial score (nSPS) is 10.5. The molecule has 0 saturated carbocycles. The number of halogens is 1. The minimum Gasteiger partial charge on any atom is -0.437 e. The summed E-state index contributed by atoms with van der Waals surface area (Å²) in [6.45, 7) is 1.71. The molecule has 4 nitrogen and oxygen atoms in total. The molecule has 0 amide bonds. The van der Waals surface area contributed by atoms with Crippen LogP contribution in [0.2, 0.25) is 5.02 Å². The van der Waals surface area contributed by atoms with Crippen LogP contribution < -0.4 is 10.1 Å². The Hall–Kier alpha value is -2.69. The van der Waals surface area contributed by atoms with Crippen molar-refractivity contribution in [1.82, 2.24) is 10.3 Å². The van der Waals surface area contributed by atoms with Crippen molar-refractivity contribution in [3.05, 3.63) is 88.6 Å². The SMILES string of the molecule is O=Cc1ccc(Oc2ccc(CCNCc3ccccc3)cc2Cl)nc1. The predicted octanol–water partition coefficient (Wildman–Crippen LogP) is 4.67. The summed E-state index contributed by atoms with van der Waals surface area (Å²) in [5.74, 6) is 0.939. The van der Waals surface area contributed by atoms with Gasteiger partial charge in [0.15, 0.2) is 6.29 Å². The summed E-state index contributed by atoms with van der Waals surface area (Å²) in [4.78, 5) is 14.7. The highest BCUT2D eigenvalue weighted by atomic mass is 35.5. The maximum absolute atomic E-state index is 10.6. The van der Waals surface area contributed by atoms with Gasteiger partial charge in [-0.1, -0.05) is 48.0 Å². The van der Waals surface area contributed by atoms with E-state index in [0.717, 1.165) is 31.4 Å². The number of aromatic nitrogens is 1. The first-order valence-electron chi connectivity index (χ1n) is 8.37. The molecule has 0 spiro atoms. The van der Waals surface area contributed by atoms with Gasteiger partial charge in [-0.25, -0.2) is 4.98 Å². The van der Waals surface area contributed by atoms with Crippen molar-refractivity contribution in [2.24, 2.45) is 0 Å². The van der Waals surface area contributed by atoms with Crippen LogP contribution in [0.3, 0.4) is 0 Å². The minimum absolute atomic E-state index is 0.398. The molecule has 0 aliphatic heterocycles. The molecule has 0 aliphatic carbocycles. The lowest BCUT2D eigenvalue weighted by Crippen LogP contribution is -2.16. The molecule has 5 heteroatoms. The Kier molecular flexibility index (Phi) is 6.36. The third-order valence-electron chi connectivity index (χ3n) is 3.87. The van der Waals surface area contributed by atoms with Crippen molar-refractivity contribution in [2.45, 2.75) is 13.0 Å². The number of pyridine rings is 1. The topological polar surface area (TPSA) is 51.2 Å². The molecule has 1 N–H and O–H groups in total. The van der Waals surface area contributed by atoms with Crippen LogP contribution >= 0.6 is 11.6 Å². The number of carbonyl (C=O) groups excluding carboxylic acids is 1. The second-order valence-corrected chi connectivity index (χ2v) is 6.23. The van der Waals surface area contributed by atoms with Gasteiger partial charge in [0.05, 0.1) is 5.02 Å². The Morgan fingerprint density at radius 2 is 1.88 bits per heavy atom. The fourth-order valence-electron chi connectivity index (χ4n) is 2.48. The zero-order valence-electron chi connectivity index (χ0n) is 14.2. The molecule has 1 heterocycles. The standard InChI is InChI=1S/C21H19ClN2O2/c22-19-12-16(10-11-23-13-17-4-2-1-3-5-17)6-8-20(19)26-21-9-7-18(15-25)14-24-21/h1-9,12,14-15,23H,10-11,13H2. The molecule has 0 radical (unpaired) electrons. The summed E-state index contributed by atoms with van der Waals surface area (Å²) in [6, 6.07) is 19.3. The Balaban J connectivity index is 1.52. The molecule has 132 valence electrons. The molecule has 3 rings (SSSR count). The highest BCUT2D eigenvalue weighted by Crippen LogP contribution is 2.29. The third-order valence-corrected chi connectivity index (χ3v) is 4.16. The number of hydrogen-bond donors (Lipinski definition) is 1. The Labute approximate surface area is 157 Å². The van der Waals surface area contributed by atoms with Gasteiger partial charge in [-0.05, 0) is 42.3 Å². The summed E-state index contributed by atoms with van der Waals surface area (Å²) in [7, 11) is 0. The van der Waals surface area contributed by atoms with E-state index in [1.54, 1.807) is 12.1 Å². The van der Waals surface area contributed by atoms with E-state index in [2.05, 4.69) is 22.4 Å². The van der Waals surface area contributed by atoms with E-state index in [9.17, 15) is 4.79 Å². The second kappa shape index (κ2) is 9.13. The number of nitrogens with zero attached hydrogens (tertiary/aromatic N) is 1. The summed E-state index contributed by atoms with van der Waals surface area (Å²) in [6.07, 6.45) is 3.08. The third kappa shape index (κ3) is 5.15. The van der Waals surface area contributed by atoms with Crippen LogP contribution in [0.25, 0.3) is 0 Å². The fraction of sp³-hybridized carbons (Fsp3) is 0.143. The molecule has 26 heavy (non-hydrogen) atoms. The van der Waals surface area contributed by atoms with Crippen LogP contribution in [-0.4, -0.2) is 17.8 Å². The summed E-state index contributed by atoms with van der Waals surface area (Å²) in [5, 5.41) is 3.96. The summed E-state index contributed by atoms with van der Waals surface area (Å²) >= 11 is 6.32. The van der Waals surface area contributed by atoms with Crippen LogP contribution in [0.5, 0.6) is 11.6 Å². The number of aldehydes is 1. The lowest BCUT2D eigenvalue weighted by atomic mass is 10.1. The molecule has 0 unspecified atom stereocenters. The number of rotatable bonds is 8. The largest absolute Gasteiger partial charge is 0.437 e. The van der Waals surface area contributed by atoms with E-state index in [4.69, 9.17) is 16.3 Å². The lowest BCUT2D eigenvalue weighted by molar-refractivity contribution is 0.112. The van der Waals surface area contributed by atoms with E-state index in [-0.39, 0.29) is 0 Å². The molecule has 1 aromatic heterocycles. The van der Waals surface area contributed by atoms with Gasteiger partial charge in [-0.2, -0.15) is 0 Å². The summed E-state index contributed by atoms with van der Waals surface area (Å²) in [5.41, 5.74) is 2.90. The number of ether oxygens (including phenoxy) is 1. The van der Waals surface area contributed by atoms with Crippen molar-refractivity contribution in [1.29, 1.82) is 0 Å². The van der Waals surface area contributed by atoms with Gasteiger partial charge in [-0.3, -0.25) is 4.79 Å². The van der Waals surface area contributed by atoms with Gasteiger partial charge in [0.1, 0.15) is 5.75 Å². The monoisotopic (exact) mass is 366 g/mol. The molecule has 0 aliphatic rings. The van der Waals surface area contributed by atoms with E-state index in [1.807, 2.05) is 36.4 Å². The smallest absolute Gasteiger partial charge is 0.219 e. The molecule has 0 atom stereocenters.